The fourth-order valence-corrected chi connectivity index (χ4v) is 3.04. The number of nitrogens with one attached hydrogen (secondary N) is 3. The van der Waals surface area contributed by atoms with Crippen molar-refractivity contribution in [1.29, 1.82) is 0 Å². The average Bonchev–Trinajstić information content (AvgIpc) is 2.57. The van der Waals surface area contributed by atoms with E-state index in [1.54, 1.807) is 13.0 Å². The Kier molecular flexibility index (Phi) is 7.41. The van der Waals surface area contributed by atoms with Crippen LogP contribution in [0.2, 0.25) is 0 Å². The van der Waals surface area contributed by atoms with Gasteiger partial charge in [-0.2, -0.15) is 0 Å². The lowest BCUT2D eigenvalue weighted by Gasteiger charge is -2.35. The van der Waals surface area contributed by atoms with Crippen LogP contribution in [0, 0.1) is 6.92 Å². The number of carbonyl (C=O) groups excluding carboxylic acids is 2. The fourth-order valence-electron chi connectivity index (χ4n) is 3.04. The van der Waals surface area contributed by atoms with Crippen LogP contribution in [-0.2, 0) is 9.53 Å². The highest BCUT2D eigenvalue weighted by Gasteiger charge is 2.21. The monoisotopic (exact) mass is 362 g/mol. The highest BCUT2D eigenvalue weighted by atomic mass is 16.5. The van der Waals surface area contributed by atoms with E-state index in [0.29, 0.717) is 24.3 Å². The molecule has 1 aromatic rings. The van der Waals surface area contributed by atoms with Crippen LogP contribution in [0.3, 0.4) is 0 Å². The number of hydrogen-bond acceptors (Lipinski definition) is 4. The van der Waals surface area contributed by atoms with Gasteiger partial charge >= 0.3 is 6.03 Å². The van der Waals surface area contributed by atoms with Gasteiger partial charge in [-0.25, -0.2) is 4.79 Å². The molecule has 7 heteroatoms. The Morgan fingerprint density at radius 3 is 2.54 bits per heavy atom. The molecule has 0 spiro atoms. The van der Waals surface area contributed by atoms with Gasteiger partial charge in [-0.3, -0.25) is 9.69 Å². The average molecular weight is 362 g/mol. The van der Waals surface area contributed by atoms with E-state index < -0.39 is 0 Å². The zero-order valence-corrected chi connectivity index (χ0v) is 16.1. The van der Waals surface area contributed by atoms with E-state index in [4.69, 9.17) is 4.74 Å². The molecule has 0 aromatic heterocycles. The molecule has 1 heterocycles. The van der Waals surface area contributed by atoms with Crippen LogP contribution in [0.25, 0.3) is 0 Å². The molecule has 7 nitrogen and oxygen atoms in total. The number of anilines is 2. The molecule has 3 N–H and O–H groups in total. The highest BCUT2D eigenvalue weighted by molar-refractivity contribution is 5.94. The van der Waals surface area contributed by atoms with E-state index >= 15 is 0 Å². The first-order valence-electron chi connectivity index (χ1n) is 9.20. The van der Waals surface area contributed by atoms with Crippen LogP contribution < -0.4 is 16.0 Å². The van der Waals surface area contributed by atoms with Crippen molar-refractivity contribution in [3.63, 3.8) is 0 Å². The highest BCUT2D eigenvalue weighted by Crippen LogP contribution is 2.20. The van der Waals surface area contributed by atoms with E-state index in [1.807, 2.05) is 19.1 Å². The Hall–Kier alpha value is -2.12. The zero-order valence-electron chi connectivity index (χ0n) is 16.1. The number of hydrogen-bond donors (Lipinski definition) is 3. The third-order valence-corrected chi connectivity index (χ3v) is 4.30. The third kappa shape index (κ3) is 6.31. The number of carbonyl (C=O) groups is 2. The Morgan fingerprint density at radius 2 is 1.88 bits per heavy atom. The van der Waals surface area contributed by atoms with Gasteiger partial charge in [0.05, 0.1) is 12.2 Å². The van der Waals surface area contributed by atoms with Crippen LogP contribution >= 0.6 is 0 Å². The normalized spacial score (nSPS) is 20.5. The molecule has 1 aliphatic rings. The minimum absolute atomic E-state index is 0.0572. The SMILES string of the molecule is CCC(=O)Nc1ccc(C)c(NC(=O)NCCN2CC(C)OC(C)C2)c1. The van der Waals surface area contributed by atoms with E-state index in [-0.39, 0.29) is 24.1 Å². The predicted molar refractivity (Wildman–Crippen MR) is 104 cm³/mol. The molecule has 1 saturated heterocycles. The summed E-state index contributed by atoms with van der Waals surface area (Å²) < 4.78 is 5.71. The van der Waals surface area contributed by atoms with Crippen molar-refractivity contribution in [2.75, 3.05) is 36.8 Å². The van der Waals surface area contributed by atoms with Gasteiger partial charge in [0.2, 0.25) is 5.91 Å². The van der Waals surface area contributed by atoms with Gasteiger partial charge in [0, 0.05) is 44.0 Å². The van der Waals surface area contributed by atoms with E-state index in [9.17, 15) is 9.59 Å². The molecule has 2 atom stereocenters. The van der Waals surface area contributed by atoms with Crippen molar-refractivity contribution in [2.45, 2.75) is 46.3 Å². The molecular formula is C19H30N4O3. The molecule has 2 rings (SSSR count). The van der Waals surface area contributed by atoms with Crippen molar-refractivity contribution in [3.05, 3.63) is 23.8 Å². The van der Waals surface area contributed by atoms with Gasteiger partial charge in [-0.1, -0.05) is 13.0 Å². The summed E-state index contributed by atoms with van der Waals surface area (Å²) >= 11 is 0. The van der Waals surface area contributed by atoms with Crippen molar-refractivity contribution >= 4 is 23.3 Å². The molecule has 3 amide bonds. The number of amides is 3. The van der Waals surface area contributed by atoms with E-state index in [2.05, 4.69) is 34.7 Å². The summed E-state index contributed by atoms with van der Waals surface area (Å²) in [6.45, 7) is 11.0. The maximum atomic E-state index is 12.2. The standard InChI is InChI=1S/C19H30N4O3/c1-5-18(24)21-16-7-6-13(2)17(10-16)22-19(25)20-8-9-23-11-14(3)26-15(4)12-23/h6-7,10,14-15H,5,8-9,11-12H2,1-4H3,(H,21,24)(H2,20,22,25). The van der Waals surface area contributed by atoms with Gasteiger partial charge in [0.1, 0.15) is 0 Å². The first-order chi connectivity index (χ1) is 12.4. The van der Waals surface area contributed by atoms with Crippen LogP contribution in [0.15, 0.2) is 18.2 Å². The number of aryl methyl sites for hydroxylation is 1. The number of urea groups is 1. The molecule has 1 fully saturated rings. The predicted octanol–water partition coefficient (Wildman–Crippen LogP) is 2.57. The molecular weight excluding hydrogens is 332 g/mol. The molecule has 0 aliphatic carbocycles. The summed E-state index contributed by atoms with van der Waals surface area (Å²) in [7, 11) is 0. The second-order valence-electron chi connectivity index (χ2n) is 6.83. The molecule has 144 valence electrons. The van der Waals surface area contributed by atoms with Crippen molar-refractivity contribution in [2.24, 2.45) is 0 Å². The van der Waals surface area contributed by atoms with Gasteiger partial charge in [-0.05, 0) is 38.5 Å². The second-order valence-corrected chi connectivity index (χ2v) is 6.83. The van der Waals surface area contributed by atoms with E-state index in [1.165, 1.54) is 0 Å². The van der Waals surface area contributed by atoms with Gasteiger partial charge < -0.3 is 20.7 Å². The molecule has 1 aromatic carbocycles. The minimum atomic E-state index is -0.249. The van der Waals surface area contributed by atoms with Crippen molar-refractivity contribution < 1.29 is 14.3 Å². The fraction of sp³-hybridized carbons (Fsp3) is 0.579. The van der Waals surface area contributed by atoms with Gasteiger partial charge in [-0.15, -0.1) is 0 Å². The van der Waals surface area contributed by atoms with Crippen LogP contribution in [0.4, 0.5) is 16.2 Å². The lowest BCUT2D eigenvalue weighted by atomic mass is 10.2. The quantitative estimate of drug-likeness (QED) is 0.726. The molecule has 26 heavy (non-hydrogen) atoms. The maximum absolute atomic E-state index is 12.2. The number of benzene rings is 1. The summed E-state index contributed by atoms with van der Waals surface area (Å²) in [5, 5.41) is 8.54. The van der Waals surface area contributed by atoms with Gasteiger partial charge in [0.15, 0.2) is 0 Å². The van der Waals surface area contributed by atoms with Crippen LogP contribution in [0.5, 0.6) is 0 Å². The second kappa shape index (κ2) is 9.54. The lowest BCUT2D eigenvalue weighted by molar-refractivity contribution is -0.115. The number of morpholine rings is 1. The smallest absolute Gasteiger partial charge is 0.319 e. The molecule has 2 unspecified atom stereocenters. The Bertz CT molecular complexity index is 625. The lowest BCUT2D eigenvalue weighted by Crippen LogP contribution is -2.48. The maximum Gasteiger partial charge on any atom is 0.319 e. The van der Waals surface area contributed by atoms with Crippen LogP contribution in [0.1, 0.15) is 32.8 Å². The van der Waals surface area contributed by atoms with Gasteiger partial charge in [0.25, 0.3) is 0 Å². The first kappa shape index (κ1) is 20.2. The summed E-state index contributed by atoms with van der Waals surface area (Å²) in [4.78, 5) is 26.0. The van der Waals surface area contributed by atoms with Crippen molar-refractivity contribution in [1.82, 2.24) is 10.2 Å². The molecule has 0 radical (unpaired) electrons. The minimum Gasteiger partial charge on any atom is -0.373 e. The number of ether oxygens (including phenoxy) is 1. The summed E-state index contributed by atoms with van der Waals surface area (Å²) in [6.07, 6.45) is 0.850. The number of nitrogens with zero attached hydrogens (tertiary/aromatic N) is 1. The zero-order chi connectivity index (χ0) is 19.1. The Labute approximate surface area is 155 Å². The largest absolute Gasteiger partial charge is 0.373 e. The Balaban J connectivity index is 1.81. The summed E-state index contributed by atoms with van der Waals surface area (Å²) in [5.74, 6) is -0.0572. The third-order valence-electron chi connectivity index (χ3n) is 4.30. The first-order valence-corrected chi connectivity index (χ1v) is 9.20. The molecule has 1 aliphatic heterocycles. The Morgan fingerprint density at radius 1 is 1.19 bits per heavy atom. The summed E-state index contributed by atoms with van der Waals surface area (Å²) in [5.41, 5.74) is 2.30. The molecule has 0 bridgehead atoms. The molecule has 0 saturated carbocycles. The van der Waals surface area contributed by atoms with E-state index in [0.717, 1.165) is 25.2 Å². The van der Waals surface area contributed by atoms with Crippen LogP contribution in [-0.4, -0.2) is 55.2 Å². The topological polar surface area (TPSA) is 82.7 Å². The van der Waals surface area contributed by atoms with Crippen molar-refractivity contribution in [3.8, 4) is 0 Å². The summed E-state index contributed by atoms with van der Waals surface area (Å²) in [6, 6.07) is 5.22. The number of rotatable bonds is 6.